The summed E-state index contributed by atoms with van der Waals surface area (Å²) >= 11 is 0. The number of nitrogens with zero attached hydrogens (tertiary/aromatic N) is 2. The molecule has 0 saturated carbocycles. The van der Waals surface area contributed by atoms with E-state index >= 15 is 0 Å². The lowest BCUT2D eigenvalue weighted by Gasteiger charge is -2.27. The molecule has 10 heteroatoms. The number of fused-ring (bicyclic) bond motifs is 1. The van der Waals surface area contributed by atoms with Crippen LogP contribution in [0.2, 0.25) is 0 Å². The molecule has 3 rings (SSSR count). The molecule has 3 aromatic rings. The van der Waals surface area contributed by atoms with E-state index in [1.54, 1.807) is 68.4 Å². The Kier molecular flexibility index (Phi) is 8.77. The first-order valence-electron chi connectivity index (χ1n) is 11.7. The van der Waals surface area contributed by atoms with Gasteiger partial charge in [-0.1, -0.05) is 18.2 Å². The maximum Gasteiger partial charge on any atom is 0.410 e. The molecule has 190 valence electrons. The van der Waals surface area contributed by atoms with Crippen molar-refractivity contribution < 1.29 is 19.1 Å². The second-order valence-electron chi connectivity index (χ2n) is 9.23. The number of benzene rings is 1. The van der Waals surface area contributed by atoms with E-state index in [0.29, 0.717) is 30.4 Å². The zero-order chi connectivity index (χ0) is 26.1. The van der Waals surface area contributed by atoms with Gasteiger partial charge in [0.25, 0.3) is 5.91 Å². The Bertz CT molecular complexity index is 1270. The van der Waals surface area contributed by atoms with E-state index in [1.165, 1.54) is 6.20 Å². The summed E-state index contributed by atoms with van der Waals surface area (Å²) in [5.74, 6) is -1.04. The van der Waals surface area contributed by atoms with Crippen molar-refractivity contribution in [3.05, 3.63) is 76.3 Å². The van der Waals surface area contributed by atoms with Crippen LogP contribution in [0.1, 0.15) is 43.1 Å². The van der Waals surface area contributed by atoms with Crippen molar-refractivity contribution in [2.45, 2.75) is 39.3 Å². The molecule has 0 spiro atoms. The molecule has 0 aliphatic heterocycles. The van der Waals surface area contributed by atoms with Crippen molar-refractivity contribution in [3.8, 4) is 0 Å². The molecule has 0 saturated heterocycles. The second kappa shape index (κ2) is 12.0. The fraction of sp³-hybridized carbons (Fsp3) is 0.346. The lowest BCUT2D eigenvalue weighted by Crippen LogP contribution is -2.40. The number of rotatable bonds is 9. The van der Waals surface area contributed by atoms with Crippen LogP contribution in [-0.4, -0.2) is 58.0 Å². The van der Waals surface area contributed by atoms with E-state index in [2.05, 4.69) is 20.6 Å². The number of carbonyl (C=O) groups is 3. The van der Waals surface area contributed by atoms with Crippen LogP contribution in [0.3, 0.4) is 0 Å². The van der Waals surface area contributed by atoms with Gasteiger partial charge in [0.1, 0.15) is 11.2 Å². The molecule has 0 fully saturated rings. The molecule has 36 heavy (non-hydrogen) atoms. The Morgan fingerprint density at radius 1 is 1.08 bits per heavy atom. The summed E-state index contributed by atoms with van der Waals surface area (Å²) in [5, 5.41) is 5.58. The van der Waals surface area contributed by atoms with Gasteiger partial charge in [0, 0.05) is 42.6 Å². The Morgan fingerprint density at radius 2 is 1.86 bits per heavy atom. The number of aromatic nitrogens is 2. The number of para-hydroxylation sites is 1. The molecule has 2 aromatic heterocycles. The van der Waals surface area contributed by atoms with Gasteiger partial charge < -0.3 is 25.3 Å². The first-order chi connectivity index (χ1) is 17.1. The van der Waals surface area contributed by atoms with Gasteiger partial charge in [-0.05, 0) is 51.0 Å². The summed E-state index contributed by atoms with van der Waals surface area (Å²) in [5.41, 5.74) is 0.381. The summed E-state index contributed by atoms with van der Waals surface area (Å²) in [4.78, 5) is 58.3. The predicted octanol–water partition coefficient (Wildman–Crippen LogP) is 2.60. The first-order valence-corrected chi connectivity index (χ1v) is 11.7. The van der Waals surface area contributed by atoms with E-state index in [4.69, 9.17) is 4.74 Å². The van der Waals surface area contributed by atoms with Gasteiger partial charge in [-0.2, -0.15) is 0 Å². The zero-order valence-electron chi connectivity index (χ0n) is 20.7. The van der Waals surface area contributed by atoms with E-state index < -0.39 is 28.9 Å². The molecule has 0 bridgehead atoms. The van der Waals surface area contributed by atoms with Gasteiger partial charge in [-0.3, -0.25) is 19.4 Å². The highest BCUT2D eigenvalue weighted by molar-refractivity contribution is 5.98. The highest BCUT2D eigenvalue weighted by Gasteiger charge is 2.22. The van der Waals surface area contributed by atoms with Crippen LogP contribution in [0.5, 0.6) is 0 Å². The number of aromatic amines is 1. The largest absolute Gasteiger partial charge is 0.444 e. The first kappa shape index (κ1) is 26.4. The molecule has 0 unspecified atom stereocenters. The molecule has 10 nitrogen and oxygen atoms in total. The summed E-state index contributed by atoms with van der Waals surface area (Å²) in [6, 6.07) is 10.5. The van der Waals surface area contributed by atoms with E-state index in [-0.39, 0.29) is 18.7 Å². The average molecular weight is 494 g/mol. The highest BCUT2D eigenvalue weighted by Crippen LogP contribution is 2.13. The van der Waals surface area contributed by atoms with E-state index in [1.807, 2.05) is 6.07 Å². The van der Waals surface area contributed by atoms with Crippen molar-refractivity contribution in [1.82, 2.24) is 25.5 Å². The number of ether oxygens (including phenoxy) is 1. The third-order valence-corrected chi connectivity index (χ3v) is 5.12. The number of amides is 3. The van der Waals surface area contributed by atoms with Gasteiger partial charge in [-0.15, -0.1) is 0 Å². The Hall–Kier alpha value is -4.21. The highest BCUT2D eigenvalue weighted by atomic mass is 16.6. The topological polar surface area (TPSA) is 133 Å². The Balaban J connectivity index is 1.48. The number of carbonyl (C=O) groups excluding carboxylic acids is 3. The lowest BCUT2D eigenvalue weighted by atomic mass is 10.1. The Morgan fingerprint density at radius 3 is 2.58 bits per heavy atom. The molecule has 0 atom stereocenters. The molecular formula is C26H31N5O5. The maximum absolute atomic E-state index is 12.6. The van der Waals surface area contributed by atoms with Crippen LogP contribution in [0.15, 0.2) is 59.8 Å². The van der Waals surface area contributed by atoms with Crippen LogP contribution >= 0.6 is 0 Å². The number of H-pyrrole nitrogens is 1. The fourth-order valence-electron chi connectivity index (χ4n) is 3.43. The predicted molar refractivity (Wildman–Crippen MR) is 135 cm³/mol. The average Bonchev–Trinajstić information content (AvgIpc) is 2.84. The van der Waals surface area contributed by atoms with Crippen LogP contribution in [0, 0.1) is 0 Å². The van der Waals surface area contributed by atoms with Gasteiger partial charge >= 0.3 is 6.09 Å². The summed E-state index contributed by atoms with van der Waals surface area (Å²) < 4.78 is 5.50. The minimum absolute atomic E-state index is 0.0649. The SMILES string of the molecule is CC(C)(C)OC(=O)N(CCCNC(=O)CNC(=O)c1c[nH]c2ccccc2c1=O)Cc1cccnc1. The minimum Gasteiger partial charge on any atom is -0.444 e. The standard InChI is InChI=1S/C26H31N5O5/c1-26(2,3)36-25(35)31(17-18-8-6-11-27-14-18)13-7-12-28-22(32)16-30-24(34)20-15-29-21-10-5-4-9-19(21)23(20)33/h4-6,8-11,14-15H,7,12-13,16-17H2,1-3H3,(H,28,32)(H,29,33)(H,30,34). The van der Waals surface area contributed by atoms with Crippen LogP contribution in [0.4, 0.5) is 4.79 Å². The van der Waals surface area contributed by atoms with Gasteiger partial charge in [-0.25, -0.2) is 4.79 Å². The van der Waals surface area contributed by atoms with Gasteiger partial charge in [0.15, 0.2) is 0 Å². The molecule has 0 radical (unpaired) electrons. The number of hydrogen-bond donors (Lipinski definition) is 3. The third-order valence-electron chi connectivity index (χ3n) is 5.12. The van der Waals surface area contributed by atoms with Crippen molar-refractivity contribution in [2.24, 2.45) is 0 Å². The molecular weight excluding hydrogens is 462 g/mol. The number of nitrogens with one attached hydrogen (secondary N) is 3. The van der Waals surface area contributed by atoms with Crippen molar-refractivity contribution in [1.29, 1.82) is 0 Å². The van der Waals surface area contributed by atoms with Crippen molar-refractivity contribution >= 4 is 28.8 Å². The zero-order valence-corrected chi connectivity index (χ0v) is 20.7. The van der Waals surface area contributed by atoms with E-state index in [0.717, 1.165) is 5.56 Å². The van der Waals surface area contributed by atoms with Crippen LogP contribution in [-0.2, 0) is 16.1 Å². The summed E-state index contributed by atoms with van der Waals surface area (Å²) in [6.45, 7) is 6.08. The monoisotopic (exact) mass is 493 g/mol. The second-order valence-corrected chi connectivity index (χ2v) is 9.23. The molecule has 2 heterocycles. The van der Waals surface area contributed by atoms with Crippen molar-refractivity contribution in [3.63, 3.8) is 0 Å². The van der Waals surface area contributed by atoms with Crippen molar-refractivity contribution in [2.75, 3.05) is 19.6 Å². The lowest BCUT2D eigenvalue weighted by molar-refractivity contribution is -0.120. The summed E-state index contributed by atoms with van der Waals surface area (Å²) in [7, 11) is 0. The van der Waals surface area contributed by atoms with E-state index in [9.17, 15) is 19.2 Å². The van der Waals surface area contributed by atoms with Gasteiger partial charge in [0.05, 0.1) is 13.1 Å². The van der Waals surface area contributed by atoms with Gasteiger partial charge in [0.2, 0.25) is 11.3 Å². The number of hydrogen-bond acceptors (Lipinski definition) is 6. The number of pyridine rings is 2. The Labute approximate surface area is 209 Å². The quantitative estimate of drug-likeness (QED) is 0.393. The third kappa shape index (κ3) is 7.66. The molecule has 3 N–H and O–H groups in total. The normalized spacial score (nSPS) is 11.1. The molecule has 0 aliphatic rings. The maximum atomic E-state index is 12.6. The molecule has 0 aliphatic carbocycles. The minimum atomic E-state index is -0.635. The summed E-state index contributed by atoms with van der Waals surface area (Å²) in [6.07, 6.45) is 4.70. The van der Waals surface area contributed by atoms with Crippen LogP contribution < -0.4 is 16.1 Å². The van der Waals surface area contributed by atoms with Crippen LogP contribution in [0.25, 0.3) is 10.9 Å². The molecule has 3 amide bonds. The fourth-order valence-corrected chi connectivity index (χ4v) is 3.43. The smallest absolute Gasteiger partial charge is 0.410 e. The molecule has 1 aromatic carbocycles.